The van der Waals surface area contributed by atoms with E-state index in [4.69, 9.17) is 9.05 Å². The van der Waals surface area contributed by atoms with Crippen LogP contribution in [0, 0.1) is 0 Å². The number of quaternary nitrogens is 1. The molecule has 0 aliphatic rings. The van der Waals surface area contributed by atoms with Gasteiger partial charge in [0.25, 0.3) is 0 Å². The molecule has 3 N–H and O–H groups in total. The molecule has 0 rings (SSSR count). The Hall–Kier alpha value is -1.54. The Morgan fingerprint density at radius 3 is 1.23 bits per heavy atom. The van der Waals surface area contributed by atoms with Crippen molar-refractivity contribution in [1.29, 1.82) is 0 Å². The largest absolute Gasteiger partial charge is 0.472 e. The number of phosphoric ester groups is 1. The van der Waals surface area contributed by atoms with Gasteiger partial charge < -0.3 is 19.8 Å². The summed E-state index contributed by atoms with van der Waals surface area (Å²) in [6, 6.07) is -0.863. The first-order chi connectivity index (χ1) is 34.0. The number of allylic oxidation sites excluding steroid dienone is 7. The number of hydrogen-bond acceptors (Lipinski definition) is 5. The smallest absolute Gasteiger partial charge is 0.387 e. The lowest BCUT2D eigenvalue weighted by molar-refractivity contribution is -0.870. The first-order valence-electron chi connectivity index (χ1n) is 30.0. The molecule has 3 unspecified atom stereocenters. The van der Waals surface area contributed by atoms with Crippen LogP contribution in [-0.4, -0.2) is 73.4 Å². The van der Waals surface area contributed by atoms with E-state index in [9.17, 15) is 19.4 Å². The SMILES string of the molecule is CCCCCCCCCCC/C=C\C/C=C\CCCCCCCCCCCCCCCCCCCC(=O)NC(COP(=O)(O)OCC[N+](C)(C)C)C(O)/C=C/CC/C=C/CCCCCCCCCCC. The molecule has 0 bridgehead atoms. The van der Waals surface area contributed by atoms with Crippen LogP contribution >= 0.6 is 7.82 Å². The number of nitrogens with zero attached hydrogens (tertiary/aromatic N) is 1. The Morgan fingerprint density at radius 1 is 0.486 bits per heavy atom. The van der Waals surface area contributed by atoms with E-state index in [1.54, 1.807) is 6.08 Å². The van der Waals surface area contributed by atoms with Gasteiger partial charge in [0.1, 0.15) is 13.2 Å². The standard InChI is InChI=1S/C61H117N2O6P/c1-6-8-10-12-14-16-18-20-22-23-24-25-26-27-28-29-30-31-32-33-34-35-36-37-38-39-41-43-45-47-49-51-53-55-61(65)62-59(58-69-70(66,67)68-57-56-63(3,4)5)60(64)54-52-50-48-46-44-42-40-21-19-17-15-13-11-9-7-2/h24-25,27-28,44,46,52,54,59-60,64H,6-23,26,29-43,45,47-51,53,55-58H2,1-5H3,(H-,62,65,66,67)/p+1/b25-24-,28-27-,46-44+,54-52+. The summed E-state index contributed by atoms with van der Waals surface area (Å²) in [6.45, 7) is 4.81. The molecule has 0 radical (unpaired) electrons. The molecule has 3 atom stereocenters. The van der Waals surface area contributed by atoms with Crippen molar-refractivity contribution in [3.63, 3.8) is 0 Å². The minimum absolute atomic E-state index is 0.0564. The molecule has 0 aromatic heterocycles. The van der Waals surface area contributed by atoms with Gasteiger partial charge in [-0.05, 0) is 64.2 Å². The molecule has 70 heavy (non-hydrogen) atoms. The lowest BCUT2D eigenvalue weighted by Crippen LogP contribution is -2.45. The van der Waals surface area contributed by atoms with Gasteiger partial charge in [-0.1, -0.05) is 262 Å². The summed E-state index contributed by atoms with van der Waals surface area (Å²) in [4.78, 5) is 23.3. The number of phosphoric acid groups is 1. The summed E-state index contributed by atoms with van der Waals surface area (Å²) < 4.78 is 23.7. The van der Waals surface area contributed by atoms with Crippen LogP contribution in [0.4, 0.5) is 0 Å². The monoisotopic (exact) mass is 1010 g/mol. The first-order valence-corrected chi connectivity index (χ1v) is 31.5. The number of aliphatic hydroxyl groups is 1. The van der Waals surface area contributed by atoms with E-state index in [0.717, 1.165) is 44.9 Å². The van der Waals surface area contributed by atoms with Crippen LogP contribution in [0.2, 0.25) is 0 Å². The second kappa shape index (κ2) is 52.3. The Morgan fingerprint density at radius 2 is 0.829 bits per heavy atom. The van der Waals surface area contributed by atoms with Gasteiger partial charge in [-0.25, -0.2) is 4.57 Å². The van der Waals surface area contributed by atoms with Crippen LogP contribution in [0.3, 0.4) is 0 Å². The molecule has 0 heterocycles. The highest BCUT2D eigenvalue weighted by Gasteiger charge is 2.27. The molecule has 1 amide bonds. The second-order valence-electron chi connectivity index (χ2n) is 21.7. The van der Waals surface area contributed by atoms with E-state index < -0.39 is 20.0 Å². The Kier molecular flexibility index (Phi) is 51.2. The van der Waals surface area contributed by atoms with Gasteiger partial charge >= 0.3 is 7.82 Å². The van der Waals surface area contributed by atoms with E-state index >= 15 is 0 Å². The van der Waals surface area contributed by atoms with Crippen LogP contribution in [0.25, 0.3) is 0 Å². The predicted molar refractivity (Wildman–Crippen MR) is 304 cm³/mol. The van der Waals surface area contributed by atoms with Crippen molar-refractivity contribution >= 4 is 13.7 Å². The normalized spacial score (nSPS) is 14.2. The second-order valence-corrected chi connectivity index (χ2v) is 23.2. The van der Waals surface area contributed by atoms with E-state index in [1.807, 2.05) is 27.2 Å². The van der Waals surface area contributed by atoms with Gasteiger partial charge in [-0.3, -0.25) is 13.8 Å². The summed E-state index contributed by atoms with van der Waals surface area (Å²) in [5.41, 5.74) is 0. The summed E-state index contributed by atoms with van der Waals surface area (Å²) in [7, 11) is 1.56. The molecule has 0 aliphatic carbocycles. The Bertz CT molecular complexity index is 1280. The molecule has 0 fully saturated rings. The van der Waals surface area contributed by atoms with Crippen molar-refractivity contribution in [3.05, 3.63) is 48.6 Å². The number of nitrogens with one attached hydrogen (secondary N) is 1. The molecule has 0 saturated heterocycles. The maximum Gasteiger partial charge on any atom is 0.472 e. The van der Waals surface area contributed by atoms with Crippen molar-refractivity contribution in [3.8, 4) is 0 Å². The predicted octanol–water partition coefficient (Wildman–Crippen LogP) is 18.3. The van der Waals surface area contributed by atoms with Gasteiger partial charge in [-0.2, -0.15) is 0 Å². The number of hydrogen-bond donors (Lipinski definition) is 3. The molecular formula is C61H118N2O6P+. The molecule has 0 saturated carbocycles. The van der Waals surface area contributed by atoms with Crippen molar-refractivity contribution in [2.45, 2.75) is 296 Å². The number of rotatable bonds is 55. The third kappa shape index (κ3) is 54.2. The zero-order chi connectivity index (χ0) is 51.3. The maximum absolute atomic E-state index is 13.0. The minimum atomic E-state index is -4.35. The number of carbonyl (C=O) groups is 1. The average Bonchev–Trinajstić information content (AvgIpc) is 3.32. The van der Waals surface area contributed by atoms with E-state index in [2.05, 4.69) is 55.6 Å². The maximum atomic E-state index is 13.0. The highest BCUT2D eigenvalue weighted by atomic mass is 31.2. The molecule has 9 heteroatoms. The summed E-state index contributed by atoms with van der Waals surface area (Å²) >= 11 is 0. The van der Waals surface area contributed by atoms with Gasteiger partial charge in [0.15, 0.2) is 0 Å². The van der Waals surface area contributed by atoms with E-state index in [1.165, 1.54) is 218 Å². The third-order valence-electron chi connectivity index (χ3n) is 13.5. The lowest BCUT2D eigenvalue weighted by atomic mass is 10.0. The number of carbonyl (C=O) groups excluding carboxylic acids is 1. The molecule has 0 aromatic carbocycles. The van der Waals surface area contributed by atoms with Gasteiger partial charge in [0.2, 0.25) is 5.91 Å². The zero-order valence-corrected chi connectivity index (χ0v) is 47.9. The van der Waals surface area contributed by atoms with Gasteiger partial charge in [-0.15, -0.1) is 0 Å². The number of likely N-dealkylation sites (N-methyl/N-ethyl adjacent to an activating group) is 1. The molecule has 8 nitrogen and oxygen atoms in total. The average molecular weight is 1010 g/mol. The fraction of sp³-hybridized carbons (Fsp3) is 0.852. The van der Waals surface area contributed by atoms with E-state index in [-0.39, 0.29) is 19.1 Å². The number of unbranched alkanes of at least 4 members (excludes halogenated alkanes) is 36. The molecule has 0 spiro atoms. The topological polar surface area (TPSA) is 105 Å². The molecular weight excluding hydrogens is 888 g/mol. The lowest BCUT2D eigenvalue weighted by Gasteiger charge is -2.25. The third-order valence-corrected chi connectivity index (χ3v) is 14.5. The van der Waals surface area contributed by atoms with Crippen molar-refractivity contribution in [2.24, 2.45) is 0 Å². The van der Waals surface area contributed by atoms with Crippen LogP contribution in [0.15, 0.2) is 48.6 Å². The first kappa shape index (κ1) is 68.5. The highest BCUT2D eigenvalue weighted by Crippen LogP contribution is 2.43. The van der Waals surface area contributed by atoms with Gasteiger partial charge in [0.05, 0.1) is 39.9 Å². The number of amides is 1. The fourth-order valence-corrected chi connectivity index (χ4v) is 9.53. The van der Waals surface area contributed by atoms with E-state index in [0.29, 0.717) is 17.4 Å². The van der Waals surface area contributed by atoms with Crippen molar-refractivity contribution in [1.82, 2.24) is 5.32 Å². The Balaban J connectivity index is 4.06. The fourth-order valence-electron chi connectivity index (χ4n) is 8.80. The molecule has 0 aromatic rings. The van der Waals surface area contributed by atoms with Crippen LogP contribution < -0.4 is 5.32 Å². The number of aliphatic hydroxyl groups excluding tert-OH is 1. The van der Waals surface area contributed by atoms with Crippen LogP contribution in [-0.2, 0) is 18.4 Å². The highest BCUT2D eigenvalue weighted by molar-refractivity contribution is 7.47. The van der Waals surface area contributed by atoms with Crippen molar-refractivity contribution in [2.75, 3.05) is 40.9 Å². The van der Waals surface area contributed by atoms with Crippen LogP contribution in [0.1, 0.15) is 284 Å². The van der Waals surface area contributed by atoms with Crippen LogP contribution in [0.5, 0.6) is 0 Å². The summed E-state index contributed by atoms with van der Waals surface area (Å²) in [5.74, 6) is -0.184. The molecule has 412 valence electrons. The zero-order valence-electron chi connectivity index (χ0n) is 47.0. The Labute approximate surface area is 435 Å². The summed E-state index contributed by atoms with van der Waals surface area (Å²) in [5, 5.41) is 13.9. The van der Waals surface area contributed by atoms with Crippen molar-refractivity contribution < 1.29 is 32.9 Å². The minimum Gasteiger partial charge on any atom is -0.387 e. The van der Waals surface area contributed by atoms with Gasteiger partial charge in [0, 0.05) is 6.42 Å². The molecule has 0 aliphatic heterocycles. The quantitative estimate of drug-likeness (QED) is 0.0243. The summed E-state index contributed by atoms with van der Waals surface area (Å²) in [6.07, 6.45) is 69.5.